The highest BCUT2D eigenvalue weighted by Crippen LogP contribution is 1.97. The van der Waals surface area contributed by atoms with E-state index >= 15 is 0 Å². The summed E-state index contributed by atoms with van der Waals surface area (Å²) in [5, 5.41) is 42.4. The Morgan fingerprint density at radius 1 is 0.950 bits per heavy atom. The number of carbonyl (C=O) groups is 1. The molecule has 0 bridgehead atoms. The number of carboxylic acid groups (broad SMARTS) is 1. The largest absolute Gasteiger partial charge is 0.479 e. The molecule has 20 heavy (non-hydrogen) atoms. The SMILES string of the molecule is CC(C)(O)C(=O)O.OCCON(OCCO)OCCO. The molecular weight excluding hydrogens is 278 g/mol. The fourth-order valence-electron chi connectivity index (χ4n) is 0.458. The van der Waals surface area contributed by atoms with Gasteiger partial charge < -0.3 is 25.5 Å². The second-order valence-electron chi connectivity index (χ2n) is 3.76. The first-order valence-electron chi connectivity index (χ1n) is 5.76. The molecule has 0 fully saturated rings. The molecule has 122 valence electrons. The Morgan fingerprint density at radius 3 is 1.35 bits per heavy atom. The van der Waals surface area contributed by atoms with Crippen LogP contribution >= 0.6 is 0 Å². The van der Waals surface area contributed by atoms with Gasteiger partial charge in [0.15, 0.2) is 5.60 Å². The molecule has 0 spiro atoms. The van der Waals surface area contributed by atoms with Crippen molar-refractivity contribution in [1.29, 1.82) is 0 Å². The van der Waals surface area contributed by atoms with Gasteiger partial charge in [-0.25, -0.2) is 19.3 Å². The molecule has 0 aromatic carbocycles. The van der Waals surface area contributed by atoms with Crippen LogP contribution in [0.3, 0.4) is 0 Å². The molecule has 0 aliphatic rings. The van der Waals surface area contributed by atoms with Crippen LogP contribution in [0, 0.1) is 0 Å². The molecule has 10 nitrogen and oxygen atoms in total. The van der Waals surface area contributed by atoms with Gasteiger partial charge in [0.25, 0.3) is 0 Å². The zero-order valence-electron chi connectivity index (χ0n) is 11.6. The van der Waals surface area contributed by atoms with Gasteiger partial charge >= 0.3 is 5.97 Å². The van der Waals surface area contributed by atoms with Crippen LogP contribution in [0.5, 0.6) is 0 Å². The molecule has 0 rings (SSSR count). The van der Waals surface area contributed by atoms with Crippen molar-refractivity contribution in [3.63, 3.8) is 0 Å². The summed E-state index contributed by atoms with van der Waals surface area (Å²) in [6.45, 7) is 1.93. The molecule has 0 atom stereocenters. The van der Waals surface area contributed by atoms with Gasteiger partial charge in [-0.1, -0.05) is 0 Å². The highest BCUT2D eigenvalue weighted by molar-refractivity contribution is 5.75. The fraction of sp³-hybridized carbons (Fsp3) is 0.900. The summed E-state index contributed by atoms with van der Waals surface area (Å²) >= 11 is 0. The van der Waals surface area contributed by atoms with E-state index < -0.39 is 11.6 Å². The van der Waals surface area contributed by atoms with E-state index in [0.717, 1.165) is 0 Å². The fourth-order valence-corrected chi connectivity index (χ4v) is 0.458. The molecule has 0 saturated heterocycles. The normalized spacial score (nSPS) is 11.2. The van der Waals surface area contributed by atoms with Crippen LogP contribution < -0.4 is 0 Å². The third-order valence-electron chi connectivity index (χ3n) is 1.39. The van der Waals surface area contributed by atoms with E-state index in [0.29, 0.717) is 5.39 Å². The van der Waals surface area contributed by atoms with E-state index in [1.807, 2.05) is 0 Å². The predicted molar refractivity (Wildman–Crippen MR) is 64.9 cm³/mol. The zero-order valence-corrected chi connectivity index (χ0v) is 11.6. The van der Waals surface area contributed by atoms with Crippen LogP contribution in [0.25, 0.3) is 0 Å². The molecule has 0 saturated carbocycles. The Kier molecular flexibility index (Phi) is 14.1. The maximum Gasteiger partial charge on any atom is 0.335 e. The first kappa shape index (κ1) is 21.4. The lowest BCUT2D eigenvalue weighted by Gasteiger charge is -2.17. The van der Waals surface area contributed by atoms with E-state index in [1.54, 1.807) is 0 Å². The van der Waals surface area contributed by atoms with Crippen molar-refractivity contribution in [1.82, 2.24) is 5.39 Å². The molecule has 5 N–H and O–H groups in total. The maximum absolute atomic E-state index is 9.77. The molecule has 0 aliphatic carbocycles. The molecule has 0 unspecified atom stereocenters. The lowest BCUT2D eigenvalue weighted by atomic mass is 10.1. The summed E-state index contributed by atoms with van der Waals surface area (Å²) in [7, 11) is 0. The summed E-state index contributed by atoms with van der Waals surface area (Å²) in [6.07, 6.45) is 0. The summed E-state index contributed by atoms with van der Waals surface area (Å²) in [5.41, 5.74) is -1.58. The minimum atomic E-state index is -1.58. The van der Waals surface area contributed by atoms with Crippen LogP contribution in [0.15, 0.2) is 0 Å². The van der Waals surface area contributed by atoms with Crippen molar-refractivity contribution in [2.75, 3.05) is 39.6 Å². The summed E-state index contributed by atoms with van der Waals surface area (Å²) in [4.78, 5) is 23.9. The van der Waals surface area contributed by atoms with Gasteiger partial charge in [-0.2, -0.15) is 0 Å². The second kappa shape index (κ2) is 13.1. The number of hydrogen-bond donors (Lipinski definition) is 5. The Balaban J connectivity index is 0. The Bertz CT molecular complexity index is 212. The third kappa shape index (κ3) is 15.2. The highest BCUT2D eigenvalue weighted by Gasteiger charge is 2.21. The van der Waals surface area contributed by atoms with E-state index in [-0.39, 0.29) is 39.6 Å². The minimum absolute atomic E-state index is 0.0108. The Labute approximate surface area is 116 Å². The van der Waals surface area contributed by atoms with E-state index in [2.05, 4.69) is 0 Å². The Morgan fingerprint density at radius 2 is 1.20 bits per heavy atom. The lowest BCUT2D eigenvalue weighted by Crippen LogP contribution is -2.30. The van der Waals surface area contributed by atoms with Gasteiger partial charge in [0.2, 0.25) is 0 Å². The van der Waals surface area contributed by atoms with Crippen LogP contribution in [0.4, 0.5) is 0 Å². The van der Waals surface area contributed by atoms with Crippen LogP contribution in [0.1, 0.15) is 13.8 Å². The average Bonchev–Trinajstić information content (AvgIpc) is 2.37. The Hall–Kier alpha value is -0.850. The van der Waals surface area contributed by atoms with Crippen molar-refractivity contribution < 1.29 is 44.8 Å². The number of rotatable bonds is 10. The molecule has 10 heteroatoms. The van der Waals surface area contributed by atoms with Gasteiger partial charge in [0.05, 0.1) is 45.0 Å². The molecule has 0 aromatic rings. The number of aliphatic hydroxyl groups excluding tert-OH is 3. The van der Waals surface area contributed by atoms with Crippen molar-refractivity contribution >= 4 is 5.97 Å². The van der Waals surface area contributed by atoms with Crippen molar-refractivity contribution in [2.45, 2.75) is 19.4 Å². The molecule has 0 aromatic heterocycles. The van der Waals surface area contributed by atoms with E-state index in [4.69, 9.17) is 40.0 Å². The summed E-state index contributed by atoms with van der Waals surface area (Å²) in [6, 6.07) is 0. The molecule has 0 radical (unpaired) electrons. The predicted octanol–water partition coefficient (Wildman–Crippen LogP) is -2.10. The topological polar surface area (TPSA) is 149 Å². The molecule has 0 aliphatic heterocycles. The van der Waals surface area contributed by atoms with E-state index in [9.17, 15) is 4.79 Å². The molecule has 0 heterocycles. The van der Waals surface area contributed by atoms with Crippen molar-refractivity contribution in [2.24, 2.45) is 0 Å². The number of carboxylic acids is 1. The quantitative estimate of drug-likeness (QED) is 0.284. The van der Waals surface area contributed by atoms with Gasteiger partial charge in [-0.3, -0.25) is 0 Å². The van der Waals surface area contributed by atoms with Crippen LogP contribution in [-0.2, 0) is 19.3 Å². The van der Waals surface area contributed by atoms with Gasteiger partial charge in [0.1, 0.15) is 0 Å². The number of nitrogens with zero attached hydrogens (tertiary/aromatic N) is 1. The third-order valence-corrected chi connectivity index (χ3v) is 1.39. The number of aliphatic hydroxyl groups is 4. The highest BCUT2D eigenvalue weighted by atomic mass is 17.2. The minimum Gasteiger partial charge on any atom is -0.479 e. The second-order valence-corrected chi connectivity index (χ2v) is 3.76. The summed E-state index contributed by atoms with van der Waals surface area (Å²) in [5.74, 6) is -1.20. The van der Waals surface area contributed by atoms with Crippen molar-refractivity contribution in [3.8, 4) is 0 Å². The van der Waals surface area contributed by atoms with Crippen LogP contribution in [-0.4, -0.2) is 82.1 Å². The molecular formula is C10H23NO9. The van der Waals surface area contributed by atoms with Gasteiger partial charge in [-0.15, -0.1) is 0 Å². The average molecular weight is 301 g/mol. The standard InChI is InChI=1S/C6H15NO6.C4H8O3/c8-1-4-11-7(12-5-2-9)13-6-3-10;1-4(2,7)3(5)6/h8-10H,1-6H2;7H,1-2H3,(H,5,6). The number of hydrogen-bond acceptors (Lipinski definition) is 9. The van der Waals surface area contributed by atoms with Gasteiger partial charge in [-0.05, 0) is 13.8 Å². The zero-order chi connectivity index (χ0) is 16.0. The first-order chi connectivity index (χ1) is 9.29. The smallest absolute Gasteiger partial charge is 0.335 e. The summed E-state index contributed by atoms with van der Waals surface area (Å²) < 4.78 is 0. The van der Waals surface area contributed by atoms with Crippen molar-refractivity contribution in [3.05, 3.63) is 0 Å². The molecule has 0 amide bonds. The van der Waals surface area contributed by atoms with Crippen LogP contribution in [0.2, 0.25) is 0 Å². The first-order valence-corrected chi connectivity index (χ1v) is 5.76. The number of aliphatic carboxylic acids is 1. The van der Waals surface area contributed by atoms with Gasteiger partial charge in [0, 0.05) is 0 Å². The lowest BCUT2D eigenvalue weighted by molar-refractivity contribution is -0.527. The van der Waals surface area contributed by atoms with E-state index in [1.165, 1.54) is 13.8 Å². The monoisotopic (exact) mass is 301 g/mol. The maximum atomic E-state index is 9.77.